The third-order valence-electron chi connectivity index (χ3n) is 2.08. The molecule has 0 bridgehead atoms. The quantitative estimate of drug-likeness (QED) is 0.649. The zero-order valence-corrected chi connectivity index (χ0v) is 8.54. The second kappa shape index (κ2) is 5.84. The molecular formula is C10H14N2O4. The minimum absolute atomic E-state index is 0. The number of imidazole rings is 1. The Morgan fingerprint density at radius 3 is 2.62 bits per heavy atom. The number of H-pyrrole nitrogens is 2. The number of carboxylic acid groups (broad SMARTS) is 1. The van der Waals surface area contributed by atoms with Crippen molar-refractivity contribution in [2.45, 2.75) is 12.8 Å². The molecule has 0 saturated carbocycles. The Morgan fingerprint density at radius 2 is 2.00 bits per heavy atom. The number of aliphatic carboxylic acids is 1. The number of rotatable bonds is 3. The number of nitrogens with one attached hydrogen (secondary N) is 2. The van der Waals surface area contributed by atoms with Crippen LogP contribution in [0.5, 0.6) is 0 Å². The fourth-order valence-electron chi connectivity index (χ4n) is 1.41. The molecule has 1 aromatic heterocycles. The molecule has 0 amide bonds. The van der Waals surface area contributed by atoms with Gasteiger partial charge in [0.1, 0.15) is 0 Å². The van der Waals surface area contributed by atoms with Crippen LogP contribution in [0.4, 0.5) is 0 Å². The molecule has 0 radical (unpaired) electrons. The van der Waals surface area contributed by atoms with Gasteiger partial charge in [0.05, 0.1) is 6.42 Å². The highest BCUT2D eigenvalue weighted by molar-refractivity contribution is 5.70. The Morgan fingerprint density at radius 1 is 1.31 bits per heavy atom. The van der Waals surface area contributed by atoms with Gasteiger partial charge in [0.25, 0.3) is 5.82 Å². The van der Waals surface area contributed by atoms with E-state index < -0.39 is 5.97 Å². The lowest BCUT2D eigenvalue weighted by molar-refractivity contribution is -0.359. The van der Waals surface area contributed by atoms with E-state index >= 15 is 0 Å². The maximum Gasteiger partial charge on any atom is 0.253 e. The van der Waals surface area contributed by atoms with Crippen LogP contribution in [-0.4, -0.2) is 21.9 Å². The van der Waals surface area contributed by atoms with Crippen molar-refractivity contribution in [2.75, 3.05) is 0 Å². The van der Waals surface area contributed by atoms with E-state index in [0.29, 0.717) is 6.42 Å². The van der Waals surface area contributed by atoms with Crippen molar-refractivity contribution in [1.82, 2.24) is 4.98 Å². The smallest absolute Gasteiger partial charge is 0.253 e. The second-order valence-corrected chi connectivity index (χ2v) is 3.15. The summed E-state index contributed by atoms with van der Waals surface area (Å²) in [5, 5.41) is 10.2. The van der Waals surface area contributed by atoms with Crippen LogP contribution in [0.25, 0.3) is 11.0 Å². The van der Waals surface area contributed by atoms with E-state index in [1.807, 2.05) is 24.3 Å². The Hall–Kier alpha value is -1.92. The monoisotopic (exact) mass is 226 g/mol. The molecule has 0 spiro atoms. The van der Waals surface area contributed by atoms with E-state index in [2.05, 4.69) is 9.97 Å². The Labute approximate surface area is 91.6 Å². The zero-order valence-electron chi connectivity index (χ0n) is 8.54. The summed E-state index contributed by atoms with van der Waals surface area (Å²) in [5.74, 6) is -0.215. The summed E-state index contributed by atoms with van der Waals surface area (Å²) in [6, 6.07) is 7.73. The number of para-hydroxylation sites is 2. The molecule has 0 unspecified atom stereocenters. The van der Waals surface area contributed by atoms with Gasteiger partial charge in [0.15, 0.2) is 11.0 Å². The molecule has 2 aromatic rings. The first-order valence-corrected chi connectivity index (χ1v) is 4.44. The van der Waals surface area contributed by atoms with Gasteiger partial charge in [-0.25, -0.2) is 9.97 Å². The van der Waals surface area contributed by atoms with Gasteiger partial charge in [-0.1, -0.05) is 12.1 Å². The van der Waals surface area contributed by atoms with E-state index in [1.165, 1.54) is 0 Å². The van der Waals surface area contributed by atoms with Gasteiger partial charge in [0, 0.05) is 5.97 Å². The lowest BCUT2D eigenvalue weighted by atomic mass is 10.3. The first-order chi connectivity index (χ1) is 6.75. The molecule has 0 fully saturated rings. The van der Waals surface area contributed by atoms with Crippen molar-refractivity contribution in [2.24, 2.45) is 0 Å². The first kappa shape index (κ1) is 14.1. The highest BCUT2D eigenvalue weighted by Crippen LogP contribution is 2.06. The predicted octanol–water partition coefficient (Wildman–Crippen LogP) is -1.98. The van der Waals surface area contributed by atoms with Crippen molar-refractivity contribution >= 4 is 17.0 Å². The molecule has 1 heterocycles. The molecule has 0 aliphatic carbocycles. The fourth-order valence-corrected chi connectivity index (χ4v) is 1.41. The van der Waals surface area contributed by atoms with Crippen LogP contribution in [0.1, 0.15) is 12.2 Å². The van der Waals surface area contributed by atoms with Gasteiger partial charge in [-0.2, -0.15) is 0 Å². The number of hydrogen-bond donors (Lipinski definition) is 1. The average Bonchev–Trinajstić information content (AvgIpc) is 2.57. The number of aromatic nitrogens is 2. The highest BCUT2D eigenvalue weighted by atomic mass is 16.4. The van der Waals surface area contributed by atoms with Crippen LogP contribution < -0.4 is 10.1 Å². The molecule has 6 N–H and O–H groups in total. The van der Waals surface area contributed by atoms with E-state index in [4.69, 9.17) is 0 Å². The standard InChI is InChI=1S/C10H10N2O2.2H2O/c13-10(14)6-5-9-11-7-3-1-2-4-8(7)12-9;;/h1-4H,5-6H2,(H,11,12)(H,13,14);2*1H2. The molecule has 88 valence electrons. The summed E-state index contributed by atoms with van der Waals surface area (Å²) in [6.07, 6.45) is 0.473. The molecule has 0 atom stereocenters. The normalized spacial score (nSPS) is 9.25. The van der Waals surface area contributed by atoms with E-state index in [0.717, 1.165) is 16.9 Å². The number of fused-ring (bicyclic) bond motifs is 1. The SMILES string of the molecule is O.O.O=C([O-])CCc1[nH]c2ccccc2[nH+]1. The molecule has 6 nitrogen and oxygen atoms in total. The van der Waals surface area contributed by atoms with Gasteiger partial charge in [-0.15, -0.1) is 0 Å². The third kappa shape index (κ3) is 3.04. The lowest BCUT2D eigenvalue weighted by Gasteiger charge is -1.94. The molecule has 2 rings (SSSR count). The van der Waals surface area contributed by atoms with Crippen molar-refractivity contribution in [3.8, 4) is 0 Å². The Bertz CT molecular complexity index is 434. The Balaban J connectivity index is 0.00000112. The van der Waals surface area contributed by atoms with Gasteiger partial charge in [-0.3, -0.25) is 0 Å². The summed E-state index contributed by atoms with van der Waals surface area (Å²) in [7, 11) is 0. The molecular weight excluding hydrogens is 212 g/mol. The van der Waals surface area contributed by atoms with Crippen LogP contribution in [0, 0.1) is 0 Å². The molecule has 16 heavy (non-hydrogen) atoms. The van der Waals surface area contributed by atoms with Crippen molar-refractivity contribution in [3.63, 3.8) is 0 Å². The van der Waals surface area contributed by atoms with Gasteiger partial charge < -0.3 is 20.9 Å². The number of aromatic amines is 2. The lowest BCUT2D eigenvalue weighted by Crippen LogP contribution is -2.23. The summed E-state index contributed by atoms with van der Waals surface area (Å²) in [5.41, 5.74) is 1.97. The number of carbonyl (C=O) groups is 1. The second-order valence-electron chi connectivity index (χ2n) is 3.15. The summed E-state index contributed by atoms with van der Waals surface area (Å²) >= 11 is 0. The van der Waals surface area contributed by atoms with E-state index in [1.54, 1.807) is 0 Å². The van der Waals surface area contributed by atoms with Crippen LogP contribution in [0.15, 0.2) is 24.3 Å². The number of carboxylic acids is 1. The maximum atomic E-state index is 10.2. The van der Waals surface area contributed by atoms with E-state index in [9.17, 15) is 9.90 Å². The van der Waals surface area contributed by atoms with Crippen LogP contribution in [0.3, 0.4) is 0 Å². The highest BCUT2D eigenvalue weighted by Gasteiger charge is 2.07. The van der Waals surface area contributed by atoms with E-state index in [-0.39, 0.29) is 17.4 Å². The third-order valence-corrected chi connectivity index (χ3v) is 2.08. The topological polar surface area (TPSA) is 133 Å². The predicted molar refractivity (Wildman–Crippen MR) is 55.4 cm³/mol. The number of benzene rings is 1. The molecule has 0 saturated heterocycles. The summed E-state index contributed by atoms with van der Waals surface area (Å²) in [4.78, 5) is 16.5. The van der Waals surface area contributed by atoms with Crippen molar-refractivity contribution in [3.05, 3.63) is 30.1 Å². The number of aryl methyl sites for hydroxylation is 1. The fraction of sp³-hybridized carbons (Fsp3) is 0.200. The molecule has 1 aromatic carbocycles. The largest absolute Gasteiger partial charge is 0.550 e. The van der Waals surface area contributed by atoms with Crippen molar-refractivity contribution in [1.29, 1.82) is 0 Å². The molecule has 6 heteroatoms. The van der Waals surface area contributed by atoms with Gasteiger partial charge >= 0.3 is 0 Å². The van der Waals surface area contributed by atoms with Crippen LogP contribution in [0.2, 0.25) is 0 Å². The average molecular weight is 226 g/mol. The van der Waals surface area contributed by atoms with Gasteiger partial charge in [-0.05, 0) is 18.6 Å². The van der Waals surface area contributed by atoms with Crippen LogP contribution >= 0.6 is 0 Å². The minimum atomic E-state index is -1.03. The minimum Gasteiger partial charge on any atom is -0.550 e. The summed E-state index contributed by atoms with van der Waals surface area (Å²) < 4.78 is 0. The van der Waals surface area contributed by atoms with Crippen molar-refractivity contribution < 1.29 is 25.8 Å². The zero-order chi connectivity index (χ0) is 9.97. The maximum absolute atomic E-state index is 10.2. The molecule has 0 aliphatic heterocycles. The van der Waals surface area contributed by atoms with Crippen LogP contribution in [-0.2, 0) is 11.2 Å². The first-order valence-electron chi connectivity index (χ1n) is 4.44. The molecule has 0 aliphatic rings. The Kier molecular flexibility index (Phi) is 5.14. The number of carbonyl (C=O) groups excluding carboxylic acids is 1. The number of hydrogen-bond acceptors (Lipinski definition) is 2. The summed E-state index contributed by atoms with van der Waals surface area (Å²) in [6.45, 7) is 0. The van der Waals surface area contributed by atoms with Gasteiger partial charge in [0.2, 0.25) is 0 Å².